The van der Waals surface area contributed by atoms with E-state index in [1.165, 1.54) is 0 Å². The summed E-state index contributed by atoms with van der Waals surface area (Å²) in [6.07, 6.45) is 1.25. The maximum atomic E-state index is 13.0. The van der Waals surface area contributed by atoms with Gasteiger partial charge in [0.05, 0.1) is 0 Å². The van der Waals surface area contributed by atoms with Crippen LogP contribution in [0.15, 0.2) is 48.5 Å². The number of carbonyl (C=O) groups is 2. The Morgan fingerprint density at radius 1 is 1.15 bits per heavy atom. The number of anilines is 1. The number of nitrogens with zero attached hydrogens (tertiary/aromatic N) is 1. The Kier molecular flexibility index (Phi) is 4.27. The standard InChI is InChI=1S/C21H22N2O2S/c1-14-7-6-10-17(15(14)2)22-20(25)18-13-26-21(12-11-19(24)23(18)21)16-8-4-3-5-9-16/h3-10,18H,11-13H2,1-2H3,(H,22,25)/t18-,21+/m0/s1. The minimum absolute atomic E-state index is 0.0694. The predicted molar refractivity (Wildman–Crippen MR) is 105 cm³/mol. The molecule has 2 heterocycles. The van der Waals surface area contributed by atoms with Gasteiger partial charge in [0.15, 0.2) is 0 Å². The maximum absolute atomic E-state index is 13.0. The summed E-state index contributed by atoms with van der Waals surface area (Å²) < 4.78 is 0. The van der Waals surface area contributed by atoms with Gasteiger partial charge < -0.3 is 10.2 Å². The number of amides is 2. The van der Waals surface area contributed by atoms with Crippen molar-refractivity contribution in [3.05, 3.63) is 65.2 Å². The van der Waals surface area contributed by atoms with Crippen LogP contribution in [0.2, 0.25) is 0 Å². The second-order valence-corrected chi connectivity index (χ2v) is 8.28. The van der Waals surface area contributed by atoms with E-state index < -0.39 is 10.9 Å². The van der Waals surface area contributed by atoms with Gasteiger partial charge in [0.25, 0.3) is 0 Å². The number of fused-ring (bicyclic) bond motifs is 1. The Morgan fingerprint density at radius 2 is 1.92 bits per heavy atom. The zero-order valence-corrected chi connectivity index (χ0v) is 15.8. The first kappa shape index (κ1) is 17.2. The smallest absolute Gasteiger partial charge is 0.248 e. The molecule has 134 valence electrons. The minimum Gasteiger partial charge on any atom is -0.324 e. The molecule has 2 saturated heterocycles. The van der Waals surface area contributed by atoms with Crippen LogP contribution < -0.4 is 5.32 Å². The molecule has 0 bridgehead atoms. The monoisotopic (exact) mass is 366 g/mol. The van der Waals surface area contributed by atoms with Crippen molar-refractivity contribution in [1.29, 1.82) is 0 Å². The third kappa shape index (κ3) is 2.62. The van der Waals surface area contributed by atoms with E-state index in [-0.39, 0.29) is 11.8 Å². The second kappa shape index (κ2) is 6.47. The molecule has 2 aliphatic heterocycles. The van der Waals surface area contributed by atoms with Gasteiger partial charge in [0.2, 0.25) is 11.8 Å². The van der Waals surface area contributed by atoms with Crippen LogP contribution in [-0.4, -0.2) is 28.5 Å². The molecule has 5 heteroatoms. The number of hydrogen-bond acceptors (Lipinski definition) is 3. The topological polar surface area (TPSA) is 49.4 Å². The molecule has 2 fully saturated rings. The van der Waals surface area contributed by atoms with Crippen LogP contribution in [0.4, 0.5) is 5.69 Å². The summed E-state index contributed by atoms with van der Waals surface area (Å²) in [7, 11) is 0. The van der Waals surface area contributed by atoms with Crippen LogP contribution in [0, 0.1) is 13.8 Å². The maximum Gasteiger partial charge on any atom is 0.248 e. The van der Waals surface area contributed by atoms with Gasteiger partial charge in [0.1, 0.15) is 10.9 Å². The first-order valence-electron chi connectivity index (χ1n) is 8.92. The lowest BCUT2D eigenvalue weighted by atomic mass is 10.0. The third-order valence-corrected chi connectivity index (χ3v) is 7.11. The highest BCUT2D eigenvalue weighted by Crippen LogP contribution is 2.54. The molecular weight excluding hydrogens is 344 g/mol. The fourth-order valence-corrected chi connectivity index (χ4v) is 5.59. The average Bonchev–Trinajstić information content (AvgIpc) is 3.19. The largest absolute Gasteiger partial charge is 0.324 e. The van der Waals surface area contributed by atoms with Crippen molar-refractivity contribution in [2.45, 2.75) is 37.6 Å². The Hall–Kier alpha value is -2.27. The van der Waals surface area contributed by atoms with Gasteiger partial charge >= 0.3 is 0 Å². The summed E-state index contributed by atoms with van der Waals surface area (Å²) in [4.78, 5) is 27.1. The van der Waals surface area contributed by atoms with Gasteiger partial charge in [-0.15, -0.1) is 11.8 Å². The predicted octanol–water partition coefficient (Wildman–Crippen LogP) is 3.83. The number of aryl methyl sites for hydroxylation is 1. The molecule has 0 spiro atoms. The normalized spacial score (nSPS) is 24.6. The van der Waals surface area contributed by atoms with Crippen molar-refractivity contribution in [3.63, 3.8) is 0 Å². The van der Waals surface area contributed by atoms with Gasteiger partial charge in [-0.25, -0.2) is 0 Å². The van der Waals surface area contributed by atoms with Crippen molar-refractivity contribution in [2.75, 3.05) is 11.1 Å². The summed E-state index contributed by atoms with van der Waals surface area (Å²) in [5.41, 5.74) is 4.13. The fraction of sp³-hybridized carbons (Fsp3) is 0.333. The van der Waals surface area contributed by atoms with Gasteiger partial charge in [0, 0.05) is 17.9 Å². The van der Waals surface area contributed by atoms with Crippen LogP contribution in [-0.2, 0) is 14.5 Å². The molecule has 0 aromatic heterocycles. The Balaban J connectivity index is 1.63. The Bertz CT molecular complexity index is 868. The van der Waals surface area contributed by atoms with Crippen molar-refractivity contribution in [1.82, 2.24) is 4.90 Å². The highest BCUT2D eigenvalue weighted by Gasteiger charge is 2.56. The number of benzene rings is 2. The summed E-state index contributed by atoms with van der Waals surface area (Å²) in [6, 6.07) is 15.5. The summed E-state index contributed by atoms with van der Waals surface area (Å²) in [6.45, 7) is 4.03. The minimum atomic E-state index is -0.435. The Morgan fingerprint density at radius 3 is 2.69 bits per heavy atom. The molecule has 2 amide bonds. The molecular formula is C21H22N2O2S. The lowest BCUT2D eigenvalue weighted by Crippen LogP contribution is -2.48. The third-order valence-electron chi connectivity index (χ3n) is 5.52. The fourth-order valence-electron chi connectivity index (χ4n) is 3.94. The van der Waals surface area contributed by atoms with Crippen LogP contribution >= 0.6 is 11.8 Å². The van der Waals surface area contributed by atoms with E-state index in [1.807, 2.05) is 55.1 Å². The van der Waals surface area contributed by atoms with Crippen LogP contribution in [0.25, 0.3) is 0 Å². The highest BCUT2D eigenvalue weighted by molar-refractivity contribution is 8.00. The molecule has 0 unspecified atom stereocenters. The molecule has 0 saturated carbocycles. The number of thioether (sulfide) groups is 1. The van der Waals surface area contributed by atoms with Crippen molar-refractivity contribution in [2.24, 2.45) is 0 Å². The van der Waals surface area contributed by atoms with Gasteiger partial charge in [-0.1, -0.05) is 42.5 Å². The lowest BCUT2D eigenvalue weighted by molar-refractivity contribution is -0.136. The molecule has 2 aromatic carbocycles. The number of nitrogens with one attached hydrogen (secondary N) is 1. The van der Waals surface area contributed by atoms with Crippen LogP contribution in [0.3, 0.4) is 0 Å². The first-order valence-corrected chi connectivity index (χ1v) is 9.90. The SMILES string of the molecule is Cc1cccc(NC(=O)[C@@H]2CS[C@@]3(c4ccccc4)CCC(=O)N23)c1C. The van der Waals surface area contributed by atoms with E-state index in [9.17, 15) is 9.59 Å². The first-order chi connectivity index (χ1) is 12.5. The quantitative estimate of drug-likeness (QED) is 0.898. The molecule has 2 aliphatic rings. The molecule has 1 N–H and O–H groups in total. The lowest BCUT2D eigenvalue weighted by Gasteiger charge is -2.34. The van der Waals surface area contributed by atoms with Crippen molar-refractivity contribution >= 4 is 29.3 Å². The van der Waals surface area contributed by atoms with Gasteiger partial charge in [-0.3, -0.25) is 9.59 Å². The zero-order chi connectivity index (χ0) is 18.3. The van der Waals surface area contributed by atoms with Crippen molar-refractivity contribution in [3.8, 4) is 0 Å². The van der Waals surface area contributed by atoms with Crippen LogP contribution in [0.5, 0.6) is 0 Å². The van der Waals surface area contributed by atoms with E-state index in [4.69, 9.17) is 0 Å². The van der Waals surface area contributed by atoms with E-state index >= 15 is 0 Å². The molecule has 0 aliphatic carbocycles. The van der Waals surface area contributed by atoms with E-state index in [2.05, 4.69) is 17.4 Å². The van der Waals surface area contributed by atoms with Gasteiger partial charge in [-0.2, -0.15) is 0 Å². The second-order valence-electron chi connectivity index (χ2n) is 6.98. The number of rotatable bonds is 3. The van der Waals surface area contributed by atoms with Gasteiger partial charge in [-0.05, 0) is 43.0 Å². The highest BCUT2D eigenvalue weighted by atomic mass is 32.2. The van der Waals surface area contributed by atoms with E-state index in [0.29, 0.717) is 12.2 Å². The molecule has 26 heavy (non-hydrogen) atoms. The van der Waals surface area contributed by atoms with Crippen LogP contribution in [0.1, 0.15) is 29.5 Å². The molecule has 2 atom stereocenters. The van der Waals surface area contributed by atoms with E-state index in [1.54, 1.807) is 11.8 Å². The Labute approximate surface area is 158 Å². The molecule has 4 rings (SSSR count). The van der Waals surface area contributed by atoms with Crippen molar-refractivity contribution < 1.29 is 9.59 Å². The molecule has 4 nitrogen and oxygen atoms in total. The number of hydrogen-bond donors (Lipinski definition) is 1. The van der Waals surface area contributed by atoms with E-state index in [0.717, 1.165) is 28.8 Å². The summed E-state index contributed by atoms with van der Waals surface area (Å²) in [5, 5.41) is 3.05. The molecule has 0 radical (unpaired) electrons. The number of carbonyl (C=O) groups excluding carboxylic acids is 2. The average molecular weight is 366 g/mol. The summed E-state index contributed by atoms with van der Waals surface area (Å²) >= 11 is 1.72. The molecule has 2 aromatic rings. The summed E-state index contributed by atoms with van der Waals surface area (Å²) in [5.74, 6) is 0.594. The zero-order valence-electron chi connectivity index (χ0n) is 15.0.